The van der Waals surface area contributed by atoms with E-state index in [2.05, 4.69) is 29.2 Å². The third-order valence-electron chi connectivity index (χ3n) is 2.57. The maximum Gasteiger partial charge on any atom is 0.0940 e. The lowest BCUT2D eigenvalue weighted by Gasteiger charge is -2.09. The summed E-state index contributed by atoms with van der Waals surface area (Å²) in [4.78, 5) is 4.25. The smallest absolute Gasteiger partial charge is 0.0940 e. The quantitative estimate of drug-likeness (QED) is 0.860. The molecular weight excluding hydrogens is 216 g/mol. The Bertz CT molecular complexity index is 397. The summed E-state index contributed by atoms with van der Waals surface area (Å²) in [5, 5.41) is 3.14. The maximum absolute atomic E-state index is 6.08. The normalized spacial score (nSPS) is 12.6. The lowest BCUT2D eigenvalue weighted by atomic mass is 10.0. The summed E-state index contributed by atoms with van der Waals surface area (Å²) < 4.78 is 0. The van der Waals surface area contributed by atoms with Crippen LogP contribution in [0.2, 0.25) is 0 Å². The summed E-state index contributed by atoms with van der Waals surface area (Å²) in [6.45, 7) is 0. The molecule has 84 valence electrons. The first-order chi connectivity index (χ1) is 7.84. The van der Waals surface area contributed by atoms with Crippen molar-refractivity contribution in [2.24, 2.45) is 5.73 Å². The molecule has 2 nitrogen and oxygen atoms in total. The Hall–Kier alpha value is -1.19. The maximum atomic E-state index is 6.08. The van der Waals surface area contributed by atoms with Gasteiger partial charge in [-0.1, -0.05) is 30.3 Å². The standard InChI is InChI=1S/C13H16N2S/c14-12(10-13-15-8-9-16-13)7-6-11-4-2-1-3-5-11/h1-5,8-9,12H,6-7,10,14H2. The highest BCUT2D eigenvalue weighted by Crippen LogP contribution is 2.10. The Balaban J connectivity index is 1.78. The van der Waals surface area contributed by atoms with E-state index in [-0.39, 0.29) is 6.04 Å². The number of nitrogens with zero attached hydrogens (tertiary/aromatic N) is 1. The lowest BCUT2D eigenvalue weighted by Crippen LogP contribution is -2.23. The van der Waals surface area contributed by atoms with E-state index in [0.29, 0.717) is 0 Å². The van der Waals surface area contributed by atoms with Crippen molar-refractivity contribution in [3.05, 3.63) is 52.5 Å². The van der Waals surface area contributed by atoms with Crippen molar-refractivity contribution in [3.8, 4) is 0 Å². The fourth-order valence-corrected chi connectivity index (χ4v) is 2.39. The Morgan fingerprint density at radius 1 is 1.25 bits per heavy atom. The van der Waals surface area contributed by atoms with E-state index < -0.39 is 0 Å². The molecule has 2 rings (SSSR count). The number of benzene rings is 1. The molecule has 0 aliphatic rings. The molecule has 0 saturated carbocycles. The summed E-state index contributed by atoms with van der Waals surface area (Å²) in [6, 6.07) is 10.7. The van der Waals surface area contributed by atoms with Crippen molar-refractivity contribution in [2.45, 2.75) is 25.3 Å². The Kier molecular flexibility index (Phi) is 4.08. The van der Waals surface area contributed by atoms with Crippen LogP contribution in [0.1, 0.15) is 17.0 Å². The van der Waals surface area contributed by atoms with Crippen molar-refractivity contribution in [3.63, 3.8) is 0 Å². The van der Waals surface area contributed by atoms with Crippen molar-refractivity contribution >= 4 is 11.3 Å². The van der Waals surface area contributed by atoms with Gasteiger partial charge >= 0.3 is 0 Å². The van der Waals surface area contributed by atoms with E-state index in [0.717, 1.165) is 24.3 Å². The van der Waals surface area contributed by atoms with E-state index in [1.807, 2.05) is 17.6 Å². The summed E-state index contributed by atoms with van der Waals surface area (Å²) in [6.07, 6.45) is 4.80. The van der Waals surface area contributed by atoms with Gasteiger partial charge < -0.3 is 5.73 Å². The molecule has 16 heavy (non-hydrogen) atoms. The number of rotatable bonds is 5. The van der Waals surface area contributed by atoms with E-state index in [4.69, 9.17) is 5.73 Å². The van der Waals surface area contributed by atoms with Crippen LogP contribution < -0.4 is 5.73 Å². The number of thiazole rings is 1. The molecule has 0 radical (unpaired) electrons. The molecular formula is C13H16N2S. The molecule has 0 amide bonds. The molecule has 0 spiro atoms. The van der Waals surface area contributed by atoms with Crippen molar-refractivity contribution in [2.75, 3.05) is 0 Å². The average Bonchev–Trinajstić information content (AvgIpc) is 2.81. The number of aromatic nitrogens is 1. The molecule has 0 aliphatic heterocycles. The van der Waals surface area contributed by atoms with Gasteiger partial charge in [0.05, 0.1) is 5.01 Å². The van der Waals surface area contributed by atoms with Crippen LogP contribution in [-0.4, -0.2) is 11.0 Å². The molecule has 0 aliphatic carbocycles. The Labute approximate surface area is 100 Å². The molecule has 0 bridgehead atoms. The zero-order valence-corrected chi connectivity index (χ0v) is 9.99. The molecule has 0 saturated heterocycles. The van der Waals surface area contributed by atoms with E-state index in [1.165, 1.54) is 5.56 Å². The molecule has 2 aromatic rings. The van der Waals surface area contributed by atoms with Crippen molar-refractivity contribution in [1.29, 1.82) is 0 Å². The van der Waals surface area contributed by atoms with E-state index >= 15 is 0 Å². The van der Waals surface area contributed by atoms with E-state index in [9.17, 15) is 0 Å². The minimum Gasteiger partial charge on any atom is -0.327 e. The Morgan fingerprint density at radius 3 is 2.75 bits per heavy atom. The molecule has 1 heterocycles. The van der Waals surface area contributed by atoms with Gasteiger partial charge in [0.2, 0.25) is 0 Å². The fourth-order valence-electron chi connectivity index (χ4n) is 1.68. The van der Waals surface area contributed by atoms with Gasteiger partial charge in [-0.05, 0) is 18.4 Å². The first kappa shape index (κ1) is 11.3. The third kappa shape index (κ3) is 3.43. The topological polar surface area (TPSA) is 38.9 Å². The average molecular weight is 232 g/mol. The van der Waals surface area contributed by atoms with Crippen LogP contribution in [-0.2, 0) is 12.8 Å². The van der Waals surface area contributed by atoms with Crippen LogP contribution in [0.25, 0.3) is 0 Å². The second kappa shape index (κ2) is 5.77. The summed E-state index contributed by atoms with van der Waals surface area (Å²) >= 11 is 1.68. The summed E-state index contributed by atoms with van der Waals surface area (Å²) in [5.74, 6) is 0. The molecule has 1 unspecified atom stereocenters. The zero-order valence-electron chi connectivity index (χ0n) is 9.17. The van der Waals surface area contributed by atoms with Gasteiger partial charge in [0.15, 0.2) is 0 Å². The zero-order chi connectivity index (χ0) is 11.2. The van der Waals surface area contributed by atoms with Gasteiger partial charge in [-0.3, -0.25) is 0 Å². The number of hydrogen-bond acceptors (Lipinski definition) is 3. The molecule has 3 heteroatoms. The summed E-state index contributed by atoms with van der Waals surface area (Å²) in [7, 11) is 0. The van der Waals surface area contributed by atoms with Crippen LogP contribution in [0, 0.1) is 0 Å². The SMILES string of the molecule is NC(CCc1ccccc1)Cc1nccs1. The summed E-state index contributed by atoms with van der Waals surface area (Å²) in [5.41, 5.74) is 7.44. The molecule has 1 aromatic heterocycles. The highest BCUT2D eigenvalue weighted by molar-refractivity contribution is 7.09. The minimum atomic E-state index is 0.214. The molecule has 1 aromatic carbocycles. The first-order valence-electron chi connectivity index (χ1n) is 5.52. The Morgan fingerprint density at radius 2 is 2.06 bits per heavy atom. The molecule has 2 N–H and O–H groups in total. The van der Waals surface area contributed by atoms with Crippen LogP contribution >= 0.6 is 11.3 Å². The van der Waals surface area contributed by atoms with Crippen molar-refractivity contribution < 1.29 is 0 Å². The van der Waals surface area contributed by atoms with Crippen LogP contribution in [0.3, 0.4) is 0 Å². The molecule has 0 fully saturated rings. The lowest BCUT2D eigenvalue weighted by molar-refractivity contribution is 0.609. The van der Waals surface area contributed by atoms with Gasteiger partial charge in [0.1, 0.15) is 0 Å². The minimum absolute atomic E-state index is 0.214. The second-order valence-electron chi connectivity index (χ2n) is 3.91. The van der Waals surface area contributed by atoms with Gasteiger partial charge in [0, 0.05) is 24.0 Å². The van der Waals surface area contributed by atoms with Gasteiger partial charge in [-0.2, -0.15) is 0 Å². The largest absolute Gasteiger partial charge is 0.327 e. The monoisotopic (exact) mass is 232 g/mol. The van der Waals surface area contributed by atoms with Gasteiger partial charge in [-0.25, -0.2) is 4.98 Å². The van der Waals surface area contributed by atoms with Crippen LogP contribution in [0.5, 0.6) is 0 Å². The second-order valence-corrected chi connectivity index (χ2v) is 4.89. The van der Waals surface area contributed by atoms with Crippen LogP contribution in [0.15, 0.2) is 41.9 Å². The van der Waals surface area contributed by atoms with Crippen molar-refractivity contribution in [1.82, 2.24) is 4.98 Å². The number of hydrogen-bond donors (Lipinski definition) is 1. The third-order valence-corrected chi connectivity index (χ3v) is 3.37. The molecule has 1 atom stereocenters. The highest BCUT2D eigenvalue weighted by Gasteiger charge is 2.06. The number of nitrogens with two attached hydrogens (primary N) is 1. The van der Waals surface area contributed by atoms with Crippen LogP contribution in [0.4, 0.5) is 0 Å². The predicted octanol–water partition coefficient (Wildman–Crippen LogP) is 2.65. The van der Waals surface area contributed by atoms with Gasteiger partial charge in [0.25, 0.3) is 0 Å². The fraction of sp³-hybridized carbons (Fsp3) is 0.308. The first-order valence-corrected chi connectivity index (χ1v) is 6.40. The highest BCUT2D eigenvalue weighted by atomic mass is 32.1. The van der Waals surface area contributed by atoms with Gasteiger partial charge in [-0.15, -0.1) is 11.3 Å². The number of aryl methyl sites for hydroxylation is 1. The van der Waals surface area contributed by atoms with E-state index in [1.54, 1.807) is 11.3 Å². The predicted molar refractivity (Wildman–Crippen MR) is 68.6 cm³/mol.